The van der Waals surface area contributed by atoms with Crippen LogP contribution in [-0.4, -0.2) is 28.2 Å². The van der Waals surface area contributed by atoms with E-state index in [0.29, 0.717) is 12.2 Å². The highest BCUT2D eigenvalue weighted by atomic mass is 16.5. The Morgan fingerprint density at radius 3 is 2.56 bits per heavy atom. The van der Waals surface area contributed by atoms with Crippen molar-refractivity contribution in [2.45, 2.75) is 6.42 Å². The van der Waals surface area contributed by atoms with Crippen LogP contribution in [0.4, 0.5) is 0 Å². The van der Waals surface area contributed by atoms with Crippen molar-refractivity contribution in [1.82, 2.24) is 9.97 Å². The summed E-state index contributed by atoms with van der Waals surface area (Å²) in [5.41, 5.74) is 1.04. The highest BCUT2D eigenvalue weighted by molar-refractivity contribution is 5.86. The van der Waals surface area contributed by atoms with Crippen LogP contribution in [-0.2, 0) is 6.42 Å². The number of aromatic nitrogens is 2. The number of para-hydroxylation sites is 1. The Kier molecular flexibility index (Phi) is 3.52. The fraction of sp³-hybridized carbons (Fsp3) is 0.154. The zero-order valence-electron chi connectivity index (χ0n) is 9.83. The van der Waals surface area contributed by atoms with E-state index in [-0.39, 0.29) is 5.56 Å². The van der Waals surface area contributed by atoms with Crippen molar-refractivity contribution in [3.63, 3.8) is 0 Å². The monoisotopic (exact) mass is 244 g/mol. The summed E-state index contributed by atoms with van der Waals surface area (Å²) < 4.78 is 5.23. The molecule has 0 aliphatic carbocycles. The summed E-state index contributed by atoms with van der Waals surface area (Å²) >= 11 is 0. The van der Waals surface area contributed by atoms with Gasteiger partial charge in [0.15, 0.2) is 0 Å². The second kappa shape index (κ2) is 5.27. The van der Waals surface area contributed by atoms with Crippen molar-refractivity contribution in [1.29, 1.82) is 0 Å². The van der Waals surface area contributed by atoms with E-state index in [2.05, 4.69) is 9.97 Å². The molecule has 0 aliphatic heterocycles. The fourth-order valence-corrected chi connectivity index (χ4v) is 1.58. The summed E-state index contributed by atoms with van der Waals surface area (Å²) in [6, 6.07) is 7.58. The molecular weight excluding hydrogens is 232 g/mol. The van der Waals surface area contributed by atoms with E-state index in [1.165, 1.54) is 12.4 Å². The fourth-order valence-electron chi connectivity index (χ4n) is 1.58. The van der Waals surface area contributed by atoms with Crippen LogP contribution in [0.15, 0.2) is 36.7 Å². The molecule has 0 spiro atoms. The summed E-state index contributed by atoms with van der Waals surface area (Å²) in [6.07, 6.45) is 3.12. The molecule has 92 valence electrons. The smallest absolute Gasteiger partial charge is 0.338 e. The number of methoxy groups -OCH3 is 1. The molecule has 0 aliphatic rings. The van der Waals surface area contributed by atoms with Crippen LogP contribution >= 0.6 is 0 Å². The quantitative estimate of drug-likeness (QED) is 0.887. The topological polar surface area (TPSA) is 72.3 Å². The number of aromatic carboxylic acids is 1. The molecule has 2 rings (SSSR count). The minimum Gasteiger partial charge on any atom is -0.496 e. The molecule has 0 saturated carbocycles. The number of ether oxygens (including phenoxy) is 1. The van der Waals surface area contributed by atoms with Gasteiger partial charge >= 0.3 is 5.97 Å². The zero-order chi connectivity index (χ0) is 13.0. The molecule has 0 bridgehead atoms. The third-order valence-electron chi connectivity index (χ3n) is 2.49. The van der Waals surface area contributed by atoms with Gasteiger partial charge in [0.05, 0.1) is 12.7 Å². The Bertz CT molecular complexity index is 552. The number of nitrogens with zero attached hydrogens (tertiary/aromatic N) is 2. The molecule has 18 heavy (non-hydrogen) atoms. The van der Waals surface area contributed by atoms with Crippen LogP contribution in [0.25, 0.3) is 0 Å². The Hall–Kier alpha value is -2.43. The van der Waals surface area contributed by atoms with Crippen molar-refractivity contribution in [3.05, 3.63) is 53.6 Å². The maximum atomic E-state index is 10.7. The van der Waals surface area contributed by atoms with Crippen LogP contribution in [0, 0.1) is 0 Å². The Balaban J connectivity index is 2.21. The molecule has 0 fully saturated rings. The van der Waals surface area contributed by atoms with Gasteiger partial charge in [-0.1, -0.05) is 18.2 Å². The van der Waals surface area contributed by atoms with E-state index in [9.17, 15) is 4.79 Å². The minimum absolute atomic E-state index is 0.0822. The molecule has 0 atom stereocenters. The van der Waals surface area contributed by atoms with Gasteiger partial charge in [-0.15, -0.1) is 0 Å². The molecule has 0 unspecified atom stereocenters. The Labute approximate surface area is 104 Å². The van der Waals surface area contributed by atoms with E-state index >= 15 is 0 Å². The second-order valence-corrected chi connectivity index (χ2v) is 3.68. The first-order valence-electron chi connectivity index (χ1n) is 5.37. The van der Waals surface area contributed by atoms with Gasteiger partial charge in [-0.2, -0.15) is 0 Å². The lowest BCUT2D eigenvalue weighted by Gasteiger charge is -2.06. The molecule has 1 aromatic carbocycles. The van der Waals surface area contributed by atoms with Gasteiger partial charge in [0.25, 0.3) is 0 Å². The number of carboxylic acids is 1. The predicted octanol–water partition coefficient (Wildman–Crippen LogP) is 1.77. The van der Waals surface area contributed by atoms with E-state index in [1.54, 1.807) is 7.11 Å². The van der Waals surface area contributed by atoms with Crippen LogP contribution in [0.3, 0.4) is 0 Å². The average Bonchev–Trinajstić information content (AvgIpc) is 2.40. The number of hydrogen-bond acceptors (Lipinski definition) is 4. The van der Waals surface area contributed by atoms with E-state index in [4.69, 9.17) is 9.84 Å². The molecule has 1 N–H and O–H groups in total. The van der Waals surface area contributed by atoms with Crippen molar-refractivity contribution in [3.8, 4) is 5.75 Å². The highest BCUT2D eigenvalue weighted by Gasteiger charge is 2.07. The number of carboxylic acid groups (broad SMARTS) is 1. The molecule has 5 nitrogen and oxygen atoms in total. The summed E-state index contributed by atoms with van der Waals surface area (Å²) in [7, 11) is 1.60. The van der Waals surface area contributed by atoms with Crippen LogP contribution in [0.2, 0.25) is 0 Å². The van der Waals surface area contributed by atoms with Crippen LogP contribution in [0.1, 0.15) is 21.7 Å². The summed E-state index contributed by atoms with van der Waals surface area (Å²) in [4.78, 5) is 18.7. The van der Waals surface area contributed by atoms with Crippen molar-refractivity contribution in [2.24, 2.45) is 0 Å². The van der Waals surface area contributed by atoms with E-state index in [1.807, 2.05) is 24.3 Å². The van der Waals surface area contributed by atoms with Gasteiger partial charge in [-0.05, 0) is 6.07 Å². The lowest BCUT2D eigenvalue weighted by molar-refractivity contribution is 0.0696. The average molecular weight is 244 g/mol. The number of carbonyl (C=O) groups is 1. The van der Waals surface area contributed by atoms with Crippen molar-refractivity contribution >= 4 is 5.97 Å². The maximum Gasteiger partial charge on any atom is 0.338 e. The largest absolute Gasteiger partial charge is 0.496 e. The van der Waals surface area contributed by atoms with Gasteiger partial charge in [-0.25, -0.2) is 14.8 Å². The van der Waals surface area contributed by atoms with Crippen LogP contribution < -0.4 is 4.74 Å². The summed E-state index contributed by atoms with van der Waals surface area (Å²) in [5, 5.41) is 8.75. The molecule has 0 radical (unpaired) electrons. The first kappa shape index (κ1) is 12.0. The van der Waals surface area contributed by atoms with Gasteiger partial charge in [0.2, 0.25) is 0 Å². The normalized spacial score (nSPS) is 10.1. The predicted molar refractivity (Wildman–Crippen MR) is 64.8 cm³/mol. The molecule has 1 aromatic heterocycles. The highest BCUT2D eigenvalue weighted by Crippen LogP contribution is 2.19. The zero-order valence-corrected chi connectivity index (χ0v) is 9.83. The molecule has 2 aromatic rings. The number of rotatable bonds is 4. The lowest BCUT2D eigenvalue weighted by atomic mass is 10.1. The molecule has 0 saturated heterocycles. The first-order chi connectivity index (χ1) is 8.70. The van der Waals surface area contributed by atoms with Crippen molar-refractivity contribution in [2.75, 3.05) is 7.11 Å². The van der Waals surface area contributed by atoms with Gasteiger partial charge < -0.3 is 9.84 Å². The number of hydrogen-bond donors (Lipinski definition) is 1. The Morgan fingerprint density at radius 1 is 1.28 bits per heavy atom. The number of benzene rings is 1. The molecule has 0 amide bonds. The third kappa shape index (κ3) is 2.63. The first-order valence-corrected chi connectivity index (χ1v) is 5.37. The van der Waals surface area contributed by atoms with Gasteiger partial charge in [0.1, 0.15) is 11.6 Å². The summed E-state index contributed by atoms with van der Waals surface area (Å²) in [6.45, 7) is 0. The Morgan fingerprint density at radius 2 is 1.94 bits per heavy atom. The van der Waals surface area contributed by atoms with E-state index in [0.717, 1.165) is 11.3 Å². The standard InChI is InChI=1S/C13H12N2O3/c1-18-11-5-3-2-4-9(11)6-12-14-7-10(8-15-12)13(16)17/h2-5,7-8H,6H2,1H3,(H,16,17). The van der Waals surface area contributed by atoms with Gasteiger partial charge in [-0.3, -0.25) is 0 Å². The summed E-state index contributed by atoms with van der Waals surface area (Å²) in [5.74, 6) is 0.298. The van der Waals surface area contributed by atoms with E-state index < -0.39 is 5.97 Å². The second-order valence-electron chi connectivity index (χ2n) is 3.68. The molecule has 1 heterocycles. The molecular formula is C13H12N2O3. The van der Waals surface area contributed by atoms with Crippen molar-refractivity contribution < 1.29 is 14.6 Å². The maximum absolute atomic E-state index is 10.7. The van der Waals surface area contributed by atoms with Crippen LogP contribution in [0.5, 0.6) is 5.75 Å². The minimum atomic E-state index is -1.03. The molecule has 5 heteroatoms. The van der Waals surface area contributed by atoms with Gasteiger partial charge in [0, 0.05) is 24.4 Å². The third-order valence-corrected chi connectivity index (χ3v) is 2.49. The SMILES string of the molecule is COc1ccccc1Cc1ncc(C(=O)O)cn1. The lowest BCUT2D eigenvalue weighted by Crippen LogP contribution is -2.03.